The normalized spacial score (nSPS) is 23.5. The Kier molecular flexibility index (Phi) is 8.11. The first-order valence-corrected chi connectivity index (χ1v) is 18.9. The summed E-state index contributed by atoms with van der Waals surface area (Å²) in [6, 6.07) is 9.27. The average Bonchev–Trinajstić information content (AvgIpc) is 3.85. The molecule has 0 radical (unpaired) electrons. The maximum atomic E-state index is 6.59. The van der Waals surface area contributed by atoms with Gasteiger partial charge in [-0.1, -0.05) is 52.7 Å². The number of hydrogen-bond acceptors (Lipinski definition) is 4. The van der Waals surface area contributed by atoms with Gasteiger partial charge in [0, 0.05) is 33.9 Å². The molecule has 10 bridgehead atoms. The van der Waals surface area contributed by atoms with Crippen molar-refractivity contribution in [3.63, 3.8) is 0 Å². The van der Waals surface area contributed by atoms with Crippen molar-refractivity contribution in [1.82, 2.24) is 19.9 Å². The molecular formula is C43H52N4O2. The largest absolute Gasteiger partial charge is 0.355 e. The van der Waals surface area contributed by atoms with Crippen molar-refractivity contribution >= 4 is 44.4 Å². The van der Waals surface area contributed by atoms with Crippen LogP contribution >= 0.6 is 0 Å². The number of aromatic amines is 2. The lowest BCUT2D eigenvalue weighted by Crippen LogP contribution is -2.43. The highest BCUT2D eigenvalue weighted by Gasteiger charge is 2.56. The van der Waals surface area contributed by atoms with Gasteiger partial charge in [0.1, 0.15) is 0 Å². The molecule has 9 rings (SSSR count). The molecule has 1 fully saturated rings. The Morgan fingerprint density at radius 2 is 1.16 bits per heavy atom. The topological polar surface area (TPSA) is 75.8 Å². The zero-order valence-corrected chi connectivity index (χ0v) is 30.6. The molecule has 3 aliphatic heterocycles. The minimum absolute atomic E-state index is 0.0211. The number of unbranched alkanes of at least 4 members (excludes halogenated alkanes) is 2. The molecule has 6 aliphatic rings. The van der Waals surface area contributed by atoms with Crippen LogP contribution in [0.4, 0.5) is 0 Å². The van der Waals surface area contributed by atoms with Crippen molar-refractivity contribution in [1.29, 1.82) is 0 Å². The summed E-state index contributed by atoms with van der Waals surface area (Å²) in [5.41, 5.74) is 19.6. The van der Waals surface area contributed by atoms with Crippen LogP contribution in [0, 0.1) is 18.8 Å². The third-order valence-electron chi connectivity index (χ3n) is 11.7. The molecule has 0 aromatic carbocycles. The first-order valence-electron chi connectivity index (χ1n) is 18.9. The number of rotatable bonds is 8. The van der Waals surface area contributed by atoms with Gasteiger partial charge in [0.25, 0.3) is 0 Å². The maximum absolute atomic E-state index is 6.59. The van der Waals surface area contributed by atoms with Gasteiger partial charge in [-0.05, 0) is 135 Å². The van der Waals surface area contributed by atoms with Crippen molar-refractivity contribution in [3.8, 4) is 0 Å². The van der Waals surface area contributed by atoms with E-state index in [1.54, 1.807) is 0 Å². The predicted octanol–water partition coefficient (Wildman–Crippen LogP) is 10.5. The van der Waals surface area contributed by atoms with Crippen LogP contribution in [0.1, 0.15) is 126 Å². The van der Waals surface area contributed by atoms with E-state index in [9.17, 15) is 0 Å². The summed E-state index contributed by atoms with van der Waals surface area (Å²) in [4.78, 5) is 18.7. The van der Waals surface area contributed by atoms with Crippen LogP contribution in [-0.2, 0) is 28.7 Å². The molecule has 0 saturated carbocycles. The minimum Gasteiger partial charge on any atom is -0.355 e. The molecule has 3 aliphatic carbocycles. The summed E-state index contributed by atoms with van der Waals surface area (Å²) in [5.74, 6) is -0.440. The van der Waals surface area contributed by atoms with E-state index in [2.05, 4.69) is 87.9 Å². The predicted molar refractivity (Wildman–Crippen MR) is 202 cm³/mol. The highest BCUT2D eigenvalue weighted by atomic mass is 16.8. The fourth-order valence-electron chi connectivity index (χ4n) is 9.20. The summed E-state index contributed by atoms with van der Waals surface area (Å²) in [6.07, 6.45) is 13.3. The average molecular weight is 657 g/mol. The van der Waals surface area contributed by atoms with Gasteiger partial charge in [0.15, 0.2) is 5.79 Å². The summed E-state index contributed by atoms with van der Waals surface area (Å²) in [7, 11) is 0. The van der Waals surface area contributed by atoms with Gasteiger partial charge in [-0.25, -0.2) is 9.97 Å². The standard InChI is InChI=1S/C43H52N4O2/c1-9-13-15-27-23(5)31-19-37-39-29-17-18-30(42-41(29)48-43(7,8)49-42)40(39)38(47-37)20-32-24(6)28(16-14-10-2)36(45-32)22-34-26(12-4)25(11-3)33(46-34)21-35(27)44-31/h17-22,29-30,41-42,44,46H,9-16H2,1-8H3. The van der Waals surface area contributed by atoms with Crippen LogP contribution < -0.4 is 0 Å². The first kappa shape index (κ1) is 32.5. The smallest absolute Gasteiger partial charge is 0.163 e. The number of aromatic nitrogens is 4. The Morgan fingerprint density at radius 3 is 1.80 bits per heavy atom. The van der Waals surface area contributed by atoms with Crippen LogP contribution in [0.5, 0.6) is 0 Å². The number of hydrogen-bond donors (Lipinski definition) is 2. The van der Waals surface area contributed by atoms with Crippen molar-refractivity contribution in [2.75, 3.05) is 0 Å². The van der Waals surface area contributed by atoms with E-state index in [-0.39, 0.29) is 24.0 Å². The molecule has 0 amide bonds. The Bertz CT molecular complexity index is 2100. The molecule has 6 nitrogen and oxygen atoms in total. The fraction of sp³-hybridized carbons (Fsp3) is 0.488. The van der Waals surface area contributed by atoms with Crippen LogP contribution in [0.3, 0.4) is 0 Å². The van der Waals surface area contributed by atoms with E-state index in [0.29, 0.717) is 0 Å². The second kappa shape index (κ2) is 12.2. The number of aryl methyl sites for hydroxylation is 4. The van der Waals surface area contributed by atoms with Crippen molar-refractivity contribution in [2.45, 2.75) is 125 Å². The van der Waals surface area contributed by atoms with E-state index < -0.39 is 5.79 Å². The highest BCUT2D eigenvalue weighted by Crippen LogP contribution is 2.56. The summed E-state index contributed by atoms with van der Waals surface area (Å²) >= 11 is 0. The zero-order valence-electron chi connectivity index (χ0n) is 30.6. The van der Waals surface area contributed by atoms with Crippen LogP contribution in [0.2, 0.25) is 0 Å². The van der Waals surface area contributed by atoms with E-state index in [0.717, 1.165) is 79.7 Å². The molecule has 6 heteroatoms. The third kappa shape index (κ3) is 5.20. The molecule has 4 unspecified atom stereocenters. The first-order chi connectivity index (χ1) is 23.7. The van der Waals surface area contributed by atoms with Gasteiger partial charge >= 0.3 is 0 Å². The molecule has 3 aromatic rings. The summed E-state index contributed by atoms with van der Waals surface area (Å²) in [5, 5.41) is 0. The third-order valence-corrected chi connectivity index (χ3v) is 11.7. The number of nitrogens with one attached hydrogen (secondary N) is 2. The second-order valence-corrected chi connectivity index (χ2v) is 15.2. The lowest BCUT2D eigenvalue weighted by atomic mass is 9.67. The van der Waals surface area contributed by atoms with Crippen LogP contribution in [0.25, 0.3) is 44.4 Å². The molecule has 49 heavy (non-hydrogen) atoms. The lowest BCUT2D eigenvalue weighted by molar-refractivity contribution is -0.147. The lowest BCUT2D eigenvalue weighted by Gasteiger charge is -2.40. The summed E-state index contributed by atoms with van der Waals surface area (Å²) < 4.78 is 13.2. The van der Waals surface area contributed by atoms with E-state index >= 15 is 0 Å². The minimum atomic E-state index is -0.612. The molecule has 1 saturated heterocycles. The van der Waals surface area contributed by atoms with Crippen LogP contribution in [-0.4, -0.2) is 37.9 Å². The van der Waals surface area contributed by atoms with Gasteiger partial charge < -0.3 is 19.4 Å². The molecule has 3 aromatic heterocycles. The zero-order chi connectivity index (χ0) is 34.2. The molecule has 2 N–H and O–H groups in total. The molecule has 0 spiro atoms. The van der Waals surface area contributed by atoms with E-state index in [4.69, 9.17) is 19.4 Å². The van der Waals surface area contributed by atoms with Gasteiger partial charge in [-0.2, -0.15) is 0 Å². The van der Waals surface area contributed by atoms with E-state index in [1.165, 1.54) is 61.1 Å². The molecular weight excluding hydrogens is 604 g/mol. The molecule has 4 atom stereocenters. The Hall–Kier alpha value is -3.74. The number of ether oxygens (including phenoxy) is 2. The second-order valence-electron chi connectivity index (χ2n) is 15.2. The van der Waals surface area contributed by atoms with Gasteiger partial charge in [-0.15, -0.1) is 0 Å². The van der Waals surface area contributed by atoms with E-state index in [1.807, 2.05) is 13.8 Å². The van der Waals surface area contributed by atoms with Crippen molar-refractivity contribution in [3.05, 3.63) is 81.4 Å². The Labute approximate surface area is 291 Å². The Balaban J connectivity index is 1.46. The number of fused-ring (bicyclic) bond motifs is 8. The fourth-order valence-corrected chi connectivity index (χ4v) is 9.20. The quantitative estimate of drug-likeness (QED) is 0.237. The number of nitrogens with zero attached hydrogens (tertiary/aromatic N) is 2. The van der Waals surface area contributed by atoms with Crippen molar-refractivity contribution < 1.29 is 9.47 Å². The number of allylic oxidation sites excluding steroid dienone is 2. The maximum Gasteiger partial charge on any atom is 0.163 e. The molecule has 6 heterocycles. The van der Waals surface area contributed by atoms with Crippen LogP contribution in [0.15, 0.2) is 36.4 Å². The highest BCUT2D eigenvalue weighted by molar-refractivity contribution is 6.00. The summed E-state index contributed by atoms with van der Waals surface area (Å²) in [6.45, 7) is 17.7. The van der Waals surface area contributed by atoms with Gasteiger partial charge in [0.05, 0.1) is 35.0 Å². The van der Waals surface area contributed by atoms with Gasteiger partial charge in [0.2, 0.25) is 0 Å². The van der Waals surface area contributed by atoms with Crippen molar-refractivity contribution in [2.24, 2.45) is 11.8 Å². The monoisotopic (exact) mass is 656 g/mol. The molecule has 256 valence electrons. The Morgan fingerprint density at radius 1 is 0.633 bits per heavy atom. The SMILES string of the molecule is CCCCC1=C(C)c2cc3nc(cc4[nH]c(cc5[nH]c(cc1n2)c(CC)c5CC)c(CCCC)c4C)C1=C3C2C=CC1C1OC(C)(C)OC21. The van der Waals surface area contributed by atoms with Gasteiger partial charge in [-0.3, -0.25) is 0 Å². The number of H-pyrrole nitrogens is 2.